The number of hydrogen-bond acceptors (Lipinski definition) is 3. The van der Waals surface area contributed by atoms with Gasteiger partial charge in [0.25, 0.3) is 0 Å². The first kappa shape index (κ1) is 11.2. The van der Waals surface area contributed by atoms with Gasteiger partial charge in [-0.3, -0.25) is 4.79 Å². The molecule has 86 valence electrons. The third kappa shape index (κ3) is 2.27. The van der Waals surface area contributed by atoms with Gasteiger partial charge in [-0.1, -0.05) is 0 Å². The lowest BCUT2D eigenvalue weighted by atomic mass is 9.91. The smallest absolute Gasteiger partial charge is 0.237 e. The summed E-state index contributed by atoms with van der Waals surface area (Å²) < 4.78 is 5.72. The van der Waals surface area contributed by atoms with Gasteiger partial charge in [-0.25, -0.2) is 0 Å². The predicted octanol–water partition coefficient (Wildman–Crippen LogP) is 0.368. The molecule has 2 atom stereocenters. The summed E-state index contributed by atoms with van der Waals surface area (Å²) in [5.74, 6) is -0.0178. The standard InChI is InChI=1S/C10H16ClNO3/c11-6-9(14)12-3-2-10(7-12)5-8(13)1-4-15-10/h8,13H,1-7H2/t8-,10-/m0/s1. The lowest BCUT2D eigenvalue weighted by Crippen LogP contribution is -2.45. The van der Waals surface area contributed by atoms with Crippen molar-refractivity contribution in [3.8, 4) is 0 Å². The molecular weight excluding hydrogens is 218 g/mol. The molecule has 0 aromatic carbocycles. The van der Waals surface area contributed by atoms with Crippen LogP contribution in [0.5, 0.6) is 0 Å². The predicted molar refractivity (Wildman–Crippen MR) is 55.8 cm³/mol. The number of halogens is 1. The van der Waals surface area contributed by atoms with Gasteiger partial charge < -0.3 is 14.7 Å². The summed E-state index contributed by atoms with van der Waals surface area (Å²) in [6.45, 7) is 1.86. The van der Waals surface area contributed by atoms with Crippen molar-refractivity contribution in [1.29, 1.82) is 0 Å². The Hall–Kier alpha value is -0.320. The number of carbonyl (C=O) groups is 1. The zero-order chi connectivity index (χ0) is 10.9. The lowest BCUT2D eigenvalue weighted by molar-refractivity contribution is -0.133. The van der Waals surface area contributed by atoms with Gasteiger partial charge in [0.1, 0.15) is 5.88 Å². The number of nitrogens with zero attached hydrogens (tertiary/aromatic N) is 1. The molecule has 2 aliphatic rings. The topological polar surface area (TPSA) is 49.8 Å². The number of carbonyl (C=O) groups excluding carboxylic acids is 1. The molecule has 5 heteroatoms. The maximum atomic E-state index is 11.4. The number of likely N-dealkylation sites (tertiary alicyclic amines) is 1. The molecule has 2 saturated heterocycles. The summed E-state index contributed by atoms with van der Waals surface area (Å²) in [6.07, 6.45) is 1.86. The van der Waals surface area contributed by atoms with E-state index in [0.29, 0.717) is 32.5 Å². The Labute approximate surface area is 94.1 Å². The molecule has 1 amide bonds. The van der Waals surface area contributed by atoms with Gasteiger partial charge in [0.05, 0.1) is 11.7 Å². The molecule has 2 heterocycles. The van der Waals surface area contributed by atoms with Crippen LogP contribution in [0.4, 0.5) is 0 Å². The first-order valence-corrected chi connectivity index (χ1v) is 5.84. The Morgan fingerprint density at radius 1 is 1.67 bits per heavy atom. The van der Waals surface area contributed by atoms with E-state index in [-0.39, 0.29) is 23.5 Å². The first-order valence-electron chi connectivity index (χ1n) is 5.31. The van der Waals surface area contributed by atoms with Crippen LogP contribution in [0.25, 0.3) is 0 Å². The maximum absolute atomic E-state index is 11.4. The molecule has 2 aliphatic heterocycles. The van der Waals surface area contributed by atoms with Gasteiger partial charge in [-0.05, 0) is 12.8 Å². The molecule has 4 nitrogen and oxygen atoms in total. The molecular formula is C10H16ClNO3. The van der Waals surface area contributed by atoms with Gasteiger partial charge in [0.15, 0.2) is 0 Å². The van der Waals surface area contributed by atoms with E-state index >= 15 is 0 Å². The first-order chi connectivity index (χ1) is 7.15. The molecule has 0 aromatic heterocycles. The van der Waals surface area contributed by atoms with Gasteiger partial charge in [-0.2, -0.15) is 0 Å². The van der Waals surface area contributed by atoms with E-state index in [1.54, 1.807) is 4.90 Å². The van der Waals surface area contributed by atoms with Crippen LogP contribution in [0.1, 0.15) is 19.3 Å². The van der Waals surface area contributed by atoms with Crippen LogP contribution < -0.4 is 0 Å². The van der Waals surface area contributed by atoms with Crippen LogP contribution in [-0.4, -0.2) is 53.2 Å². The highest BCUT2D eigenvalue weighted by Crippen LogP contribution is 2.34. The fraction of sp³-hybridized carbons (Fsp3) is 0.900. The number of amides is 1. The SMILES string of the molecule is O=C(CCl)N1CC[C@]2(C[C@@H](O)CCO2)C1. The van der Waals surface area contributed by atoms with Crippen LogP contribution in [0.3, 0.4) is 0 Å². The van der Waals surface area contributed by atoms with Crippen molar-refractivity contribution >= 4 is 17.5 Å². The van der Waals surface area contributed by atoms with Crippen LogP contribution >= 0.6 is 11.6 Å². The molecule has 0 radical (unpaired) electrons. The van der Waals surface area contributed by atoms with Crippen molar-refractivity contribution in [2.45, 2.75) is 31.0 Å². The third-order valence-electron chi connectivity index (χ3n) is 3.25. The Morgan fingerprint density at radius 2 is 2.47 bits per heavy atom. The highest BCUT2D eigenvalue weighted by atomic mass is 35.5. The Kier molecular flexibility index (Phi) is 3.19. The van der Waals surface area contributed by atoms with Crippen molar-refractivity contribution in [3.05, 3.63) is 0 Å². The second-order valence-electron chi connectivity index (χ2n) is 4.38. The Balaban J connectivity index is 1.98. The van der Waals surface area contributed by atoms with E-state index in [1.165, 1.54) is 0 Å². The lowest BCUT2D eigenvalue weighted by Gasteiger charge is -2.36. The normalized spacial score (nSPS) is 36.1. The second kappa shape index (κ2) is 4.28. The zero-order valence-electron chi connectivity index (χ0n) is 8.62. The van der Waals surface area contributed by atoms with Crippen molar-refractivity contribution in [2.75, 3.05) is 25.6 Å². The van der Waals surface area contributed by atoms with Gasteiger partial charge >= 0.3 is 0 Å². The average Bonchev–Trinajstić information content (AvgIpc) is 2.60. The quantitative estimate of drug-likeness (QED) is 0.666. The number of aliphatic hydroxyl groups is 1. The van der Waals surface area contributed by atoms with Crippen molar-refractivity contribution in [2.24, 2.45) is 0 Å². The second-order valence-corrected chi connectivity index (χ2v) is 4.64. The summed E-state index contributed by atoms with van der Waals surface area (Å²) >= 11 is 5.51. The minimum absolute atomic E-state index is 0.0264. The van der Waals surface area contributed by atoms with Crippen molar-refractivity contribution in [1.82, 2.24) is 4.90 Å². The van der Waals surface area contributed by atoms with Crippen LogP contribution in [0, 0.1) is 0 Å². The molecule has 0 unspecified atom stereocenters. The van der Waals surface area contributed by atoms with Crippen LogP contribution in [-0.2, 0) is 9.53 Å². The summed E-state index contributed by atoms with van der Waals surface area (Å²) in [5.41, 5.74) is -0.306. The van der Waals surface area contributed by atoms with Gasteiger partial charge in [-0.15, -0.1) is 11.6 Å². The van der Waals surface area contributed by atoms with E-state index in [1.807, 2.05) is 0 Å². The molecule has 2 fully saturated rings. The summed E-state index contributed by atoms with van der Waals surface area (Å²) in [4.78, 5) is 13.1. The number of rotatable bonds is 1. The fourth-order valence-electron chi connectivity index (χ4n) is 2.43. The zero-order valence-corrected chi connectivity index (χ0v) is 9.37. The van der Waals surface area contributed by atoms with Crippen LogP contribution in [0.15, 0.2) is 0 Å². The minimum Gasteiger partial charge on any atom is -0.393 e. The van der Waals surface area contributed by atoms with E-state index < -0.39 is 0 Å². The largest absolute Gasteiger partial charge is 0.393 e. The summed E-state index contributed by atoms with van der Waals surface area (Å²) in [6, 6.07) is 0. The average molecular weight is 234 g/mol. The maximum Gasteiger partial charge on any atom is 0.237 e. The summed E-state index contributed by atoms with van der Waals surface area (Å²) in [7, 11) is 0. The van der Waals surface area contributed by atoms with E-state index in [9.17, 15) is 9.90 Å². The van der Waals surface area contributed by atoms with Gasteiger partial charge in [0.2, 0.25) is 5.91 Å². The number of ether oxygens (including phenoxy) is 1. The highest BCUT2D eigenvalue weighted by Gasteiger charge is 2.43. The van der Waals surface area contributed by atoms with Gasteiger partial charge in [0, 0.05) is 26.1 Å². The number of hydrogen-bond donors (Lipinski definition) is 1. The minimum atomic E-state index is -0.306. The van der Waals surface area contributed by atoms with E-state index in [0.717, 1.165) is 6.42 Å². The van der Waals surface area contributed by atoms with Crippen LogP contribution in [0.2, 0.25) is 0 Å². The fourth-order valence-corrected chi connectivity index (χ4v) is 2.60. The molecule has 15 heavy (non-hydrogen) atoms. The number of alkyl halides is 1. The van der Waals surface area contributed by atoms with Crippen molar-refractivity contribution < 1.29 is 14.6 Å². The Bertz CT molecular complexity index is 261. The molecule has 2 rings (SSSR count). The Morgan fingerprint density at radius 3 is 3.13 bits per heavy atom. The van der Waals surface area contributed by atoms with E-state index in [2.05, 4.69) is 0 Å². The summed E-state index contributed by atoms with van der Waals surface area (Å²) in [5, 5.41) is 9.61. The molecule has 0 saturated carbocycles. The highest BCUT2D eigenvalue weighted by molar-refractivity contribution is 6.27. The van der Waals surface area contributed by atoms with E-state index in [4.69, 9.17) is 16.3 Å². The van der Waals surface area contributed by atoms with Crippen molar-refractivity contribution in [3.63, 3.8) is 0 Å². The molecule has 0 bridgehead atoms. The molecule has 0 aliphatic carbocycles. The molecule has 1 spiro atoms. The third-order valence-corrected chi connectivity index (χ3v) is 3.48. The molecule has 1 N–H and O–H groups in total. The molecule has 0 aromatic rings. The number of aliphatic hydroxyl groups excluding tert-OH is 1. The monoisotopic (exact) mass is 233 g/mol.